The van der Waals surface area contributed by atoms with E-state index in [9.17, 15) is 0 Å². The summed E-state index contributed by atoms with van der Waals surface area (Å²) >= 11 is 0. The molecule has 0 aliphatic carbocycles. The van der Waals surface area contributed by atoms with Gasteiger partial charge in [0.05, 0.1) is 5.69 Å². The Bertz CT molecular complexity index is 1180. The van der Waals surface area contributed by atoms with Crippen LogP contribution < -0.4 is 5.32 Å². The van der Waals surface area contributed by atoms with E-state index < -0.39 is 0 Å². The van der Waals surface area contributed by atoms with E-state index in [1.807, 2.05) is 0 Å². The summed E-state index contributed by atoms with van der Waals surface area (Å²) in [6.07, 6.45) is 5.65. The van der Waals surface area contributed by atoms with Crippen molar-refractivity contribution in [3.05, 3.63) is 95.6 Å². The van der Waals surface area contributed by atoms with Gasteiger partial charge < -0.3 is 5.32 Å². The van der Waals surface area contributed by atoms with Crippen LogP contribution in [0.4, 0.5) is 5.69 Å². The summed E-state index contributed by atoms with van der Waals surface area (Å²) in [7, 11) is 2.89. The molecule has 1 heterocycles. The molecule has 0 radical (unpaired) electrons. The molecule has 0 saturated heterocycles. The van der Waals surface area contributed by atoms with Crippen LogP contribution in [0.15, 0.2) is 84.4 Å². The second kappa shape index (κ2) is 7.41. The average Bonchev–Trinajstić information content (AvgIpc) is 2.75. The first-order valence-corrected chi connectivity index (χ1v) is 10.8. The first kappa shape index (κ1) is 17.5. The molecule has 4 aromatic carbocycles. The van der Waals surface area contributed by atoms with Crippen LogP contribution in [0.25, 0.3) is 27.6 Å². The summed E-state index contributed by atoms with van der Waals surface area (Å²) in [6, 6.07) is 28.8. The van der Waals surface area contributed by atoms with Crippen molar-refractivity contribution in [2.45, 2.75) is 18.9 Å². The van der Waals surface area contributed by atoms with Crippen molar-refractivity contribution < 1.29 is 0 Å². The third kappa shape index (κ3) is 3.01. The van der Waals surface area contributed by atoms with Crippen molar-refractivity contribution in [3.8, 4) is 0 Å². The Kier molecular flexibility index (Phi) is 4.63. The SMILES string of the molecule is PCCC1Nc2c(c3ccccc3c3ccccc23)C=C1Cc1ccccc1. The lowest BCUT2D eigenvalue weighted by atomic mass is 9.86. The van der Waals surface area contributed by atoms with E-state index in [1.54, 1.807) is 0 Å². The molecule has 4 aromatic rings. The van der Waals surface area contributed by atoms with Gasteiger partial charge in [-0.25, -0.2) is 0 Å². The highest BCUT2D eigenvalue weighted by Gasteiger charge is 2.23. The summed E-state index contributed by atoms with van der Waals surface area (Å²) in [6.45, 7) is 0. The maximum atomic E-state index is 3.92. The van der Waals surface area contributed by atoms with E-state index in [1.165, 1.54) is 43.9 Å². The molecule has 0 bridgehead atoms. The zero-order chi connectivity index (χ0) is 18.9. The van der Waals surface area contributed by atoms with E-state index in [-0.39, 0.29) is 0 Å². The molecule has 0 amide bonds. The third-order valence-corrected chi connectivity index (χ3v) is 6.11. The first-order valence-electron chi connectivity index (χ1n) is 9.99. The third-order valence-electron chi connectivity index (χ3n) is 5.78. The molecule has 5 rings (SSSR count). The van der Waals surface area contributed by atoms with Crippen molar-refractivity contribution >= 4 is 42.5 Å². The molecule has 2 unspecified atom stereocenters. The number of anilines is 1. The van der Waals surface area contributed by atoms with Gasteiger partial charge >= 0.3 is 0 Å². The molecule has 2 atom stereocenters. The van der Waals surface area contributed by atoms with Gasteiger partial charge in [-0.15, -0.1) is 9.24 Å². The minimum atomic E-state index is 0.370. The molecule has 0 aromatic heterocycles. The second-order valence-corrected chi connectivity index (χ2v) is 8.11. The summed E-state index contributed by atoms with van der Waals surface area (Å²) in [4.78, 5) is 0. The lowest BCUT2D eigenvalue weighted by Crippen LogP contribution is -2.27. The molecule has 1 N–H and O–H groups in total. The number of rotatable bonds is 4. The van der Waals surface area contributed by atoms with E-state index in [4.69, 9.17) is 0 Å². The Balaban J connectivity index is 1.75. The standard InChI is InChI=1S/C26H24NP/c28-15-14-25-19(16-18-8-2-1-3-9-18)17-24-22-12-5-4-10-20(22)21-11-6-7-13-23(21)26(24)27-25/h1-13,17,25,27H,14-16,28H2. The van der Waals surface area contributed by atoms with Gasteiger partial charge in [0.15, 0.2) is 0 Å². The van der Waals surface area contributed by atoms with Gasteiger partial charge in [-0.1, -0.05) is 84.9 Å². The fourth-order valence-corrected chi connectivity index (χ4v) is 4.79. The second-order valence-electron chi connectivity index (χ2n) is 7.54. The van der Waals surface area contributed by atoms with Crippen LogP contribution >= 0.6 is 9.24 Å². The van der Waals surface area contributed by atoms with E-state index in [0.717, 1.165) is 19.0 Å². The molecule has 1 aliphatic heterocycles. The summed E-state index contributed by atoms with van der Waals surface area (Å²) in [5.74, 6) is 0. The van der Waals surface area contributed by atoms with E-state index >= 15 is 0 Å². The monoisotopic (exact) mass is 381 g/mol. The van der Waals surface area contributed by atoms with Gasteiger partial charge in [-0.2, -0.15) is 0 Å². The Hall–Kier alpha value is -2.63. The molecule has 28 heavy (non-hydrogen) atoms. The fraction of sp³-hybridized carbons (Fsp3) is 0.154. The van der Waals surface area contributed by atoms with Crippen LogP contribution in [-0.4, -0.2) is 12.2 Å². The van der Waals surface area contributed by atoms with Gasteiger partial charge in [-0.05, 0) is 46.3 Å². The summed E-state index contributed by atoms with van der Waals surface area (Å²) < 4.78 is 0. The first-order chi connectivity index (χ1) is 13.8. The fourth-order valence-electron chi connectivity index (χ4n) is 4.46. The van der Waals surface area contributed by atoms with Crippen LogP contribution in [-0.2, 0) is 6.42 Å². The zero-order valence-electron chi connectivity index (χ0n) is 15.9. The molecule has 138 valence electrons. The number of benzene rings is 4. The normalized spacial score (nSPS) is 15.9. The average molecular weight is 381 g/mol. The molecule has 0 saturated carbocycles. The van der Waals surface area contributed by atoms with Crippen LogP contribution in [0.1, 0.15) is 17.5 Å². The van der Waals surface area contributed by atoms with E-state index in [0.29, 0.717) is 6.04 Å². The molecule has 1 nitrogen and oxygen atoms in total. The van der Waals surface area contributed by atoms with Crippen molar-refractivity contribution in [3.63, 3.8) is 0 Å². The molecular formula is C26H24NP. The summed E-state index contributed by atoms with van der Waals surface area (Å²) in [5, 5.41) is 9.23. The lowest BCUT2D eigenvalue weighted by Gasteiger charge is -2.30. The van der Waals surface area contributed by atoms with Crippen LogP contribution in [0.5, 0.6) is 0 Å². The Morgan fingerprint density at radius 1 is 0.714 bits per heavy atom. The van der Waals surface area contributed by atoms with Crippen LogP contribution in [0.2, 0.25) is 0 Å². The number of hydrogen-bond donors (Lipinski definition) is 1. The van der Waals surface area contributed by atoms with E-state index in [2.05, 4.69) is 99.5 Å². The number of fused-ring (bicyclic) bond motifs is 6. The lowest BCUT2D eigenvalue weighted by molar-refractivity contribution is 0.773. The molecule has 2 heteroatoms. The van der Waals surface area contributed by atoms with Gasteiger partial charge in [0.25, 0.3) is 0 Å². The minimum Gasteiger partial charge on any atom is -0.378 e. The minimum absolute atomic E-state index is 0.370. The van der Waals surface area contributed by atoms with Crippen molar-refractivity contribution in [2.24, 2.45) is 0 Å². The molecule has 1 aliphatic rings. The van der Waals surface area contributed by atoms with Crippen LogP contribution in [0.3, 0.4) is 0 Å². The largest absolute Gasteiger partial charge is 0.378 e. The predicted molar refractivity (Wildman–Crippen MR) is 126 cm³/mol. The smallest absolute Gasteiger partial charge is 0.0504 e. The molecule has 0 fully saturated rings. The maximum Gasteiger partial charge on any atom is 0.0504 e. The Labute approximate surface area is 168 Å². The molecular weight excluding hydrogens is 357 g/mol. The van der Waals surface area contributed by atoms with Gasteiger partial charge in [-0.3, -0.25) is 0 Å². The highest BCUT2D eigenvalue weighted by atomic mass is 31.0. The van der Waals surface area contributed by atoms with Crippen molar-refractivity contribution in [1.82, 2.24) is 0 Å². The number of nitrogens with one attached hydrogen (secondary N) is 1. The zero-order valence-corrected chi connectivity index (χ0v) is 17.0. The van der Waals surface area contributed by atoms with Crippen molar-refractivity contribution in [2.75, 3.05) is 11.5 Å². The highest BCUT2D eigenvalue weighted by molar-refractivity contribution is 7.16. The van der Waals surface area contributed by atoms with Crippen molar-refractivity contribution in [1.29, 1.82) is 0 Å². The van der Waals surface area contributed by atoms with Gasteiger partial charge in [0.2, 0.25) is 0 Å². The van der Waals surface area contributed by atoms with Gasteiger partial charge in [0, 0.05) is 17.0 Å². The summed E-state index contributed by atoms with van der Waals surface area (Å²) in [5.41, 5.74) is 5.47. The maximum absolute atomic E-state index is 3.92. The van der Waals surface area contributed by atoms with Crippen LogP contribution in [0, 0.1) is 0 Å². The topological polar surface area (TPSA) is 12.0 Å². The highest BCUT2D eigenvalue weighted by Crippen LogP contribution is 2.41. The van der Waals surface area contributed by atoms with Gasteiger partial charge in [0.1, 0.15) is 0 Å². The molecule has 0 spiro atoms. The quantitative estimate of drug-likeness (QED) is 0.307. The Morgan fingerprint density at radius 3 is 2.04 bits per heavy atom. The predicted octanol–water partition coefficient (Wildman–Crippen LogP) is 6.68. The number of hydrogen-bond acceptors (Lipinski definition) is 1. The Morgan fingerprint density at radius 2 is 1.32 bits per heavy atom.